The Morgan fingerprint density at radius 2 is 2.17 bits per heavy atom. The number of nitrogens with zero attached hydrogens (tertiary/aromatic N) is 4. The lowest BCUT2D eigenvalue weighted by molar-refractivity contribution is -0.199. The highest BCUT2D eigenvalue weighted by atomic mass is 19.1. The minimum absolute atomic E-state index is 0.0598. The molecule has 1 aliphatic heterocycles. The molecular weight excluding hydrogens is 311 g/mol. The van der Waals surface area contributed by atoms with Crippen LogP contribution in [-0.4, -0.2) is 35.0 Å². The van der Waals surface area contributed by atoms with E-state index in [0.29, 0.717) is 25.3 Å². The predicted molar refractivity (Wildman–Crippen MR) is 89.3 cm³/mol. The highest BCUT2D eigenvalue weighted by Gasteiger charge is 2.46. The lowest BCUT2D eigenvalue weighted by Gasteiger charge is -2.37. The third kappa shape index (κ3) is 4.68. The standard InChI is InChI=1S/C17H25FN4O2/c1-13(2)9-17(7-8-23)10-16(11-20-21-19)24-22(17)12-14-3-5-15(18)6-4-14/h3-6,13,16,23H,7-12H2,1-2H3/t16-,17-/m1/s1. The van der Waals surface area contributed by atoms with E-state index in [9.17, 15) is 9.50 Å². The van der Waals surface area contributed by atoms with E-state index in [1.54, 1.807) is 12.1 Å². The van der Waals surface area contributed by atoms with Crippen molar-refractivity contribution in [3.8, 4) is 0 Å². The molecule has 7 heteroatoms. The average Bonchev–Trinajstić information content (AvgIpc) is 2.84. The Kier molecular flexibility index (Phi) is 6.57. The van der Waals surface area contributed by atoms with Gasteiger partial charge in [0.15, 0.2) is 0 Å². The predicted octanol–water partition coefficient (Wildman–Crippen LogP) is 3.81. The van der Waals surface area contributed by atoms with Gasteiger partial charge in [-0.15, -0.1) is 0 Å². The van der Waals surface area contributed by atoms with Crippen LogP contribution in [0.1, 0.15) is 38.7 Å². The maximum atomic E-state index is 13.1. The third-order valence-corrected chi connectivity index (χ3v) is 4.37. The van der Waals surface area contributed by atoms with Crippen molar-refractivity contribution in [2.45, 2.75) is 51.3 Å². The van der Waals surface area contributed by atoms with E-state index in [4.69, 9.17) is 10.4 Å². The summed E-state index contributed by atoms with van der Waals surface area (Å²) in [7, 11) is 0. The van der Waals surface area contributed by atoms with Crippen LogP contribution >= 0.6 is 0 Å². The van der Waals surface area contributed by atoms with Crippen molar-refractivity contribution in [3.05, 3.63) is 46.1 Å². The molecule has 2 rings (SSSR count). The van der Waals surface area contributed by atoms with Gasteiger partial charge in [0.05, 0.1) is 18.2 Å². The molecule has 1 saturated heterocycles. The van der Waals surface area contributed by atoms with Crippen molar-refractivity contribution in [1.29, 1.82) is 0 Å². The molecule has 0 bridgehead atoms. The normalized spacial score (nSPS) is 24.3. The molecule has 24 heavy (non-hydrogen) atoms. The minimum Gasteiger partial charge on any atom is -0.396 e. The number of halogens is 1. The van der Waals surface area contributed by atoms with Crippen molar-refractivity contribution >= 4 is 0 Å². The highest BCUT2D eigenvalue weighted by molar-refractivity contribution is 5.16. The van der Waals surface area contributed by atoms with Crippen molar-refractivity contribution in [2.24, 2.45) is 11.0 Å². The molecule has 1 aromatic carbocycles. The Morgan fingerprint density at radius 3 is 2.75 bits per heavy atom. The quantitative estimate of drug-likeness (QED) is 0.445. The second kappa shape index (κ2) is 8.44. The van der Waals surface area contributed by atoms with Gasteiger partial charge in [0.25, 0.3) is 0 Å². The topological polar surface area (TPSA) is 81.5 Å². The zero-order valence-electron chi connectivity index (χ0n) is 14.2. The van der Waals surface area contributed by atoms with Gasteiger partial charge in [0, 0.05) is 18.1 Å². The molecule has 6 nitrogen and oxygen atoms in total. The molecule has 1 fully saturated rings. The van der Waals surface area contributed by atoms with E-state index in [1.165, 1.54) is 12.1 Å². The Morgan fingerprint density at radius 1 is 1.46 bits per heavy atom. The van der Waals surface area contributed by atoms with E-state index in [2.05, 4.69) is 23.9 Å². The van der Waals surface area contributed by atoms with Crippen molar-refractivity contribution in [1.82, 2.24) is 5.06 Å². The first kappa shape index (κ1) is 18.7. The van der Waals surface area contributed by atoms with Crippen LogP contribution in [0.5, 0.6) is 0 Å². The van der Waals surface area contributed by atoms with Crippen LogP contribution < -0.4 is 0 Å². The molecule has 0 unspecified atom stereocenters. The summed E-state index contributed by atoms with van der Waals surface area (Å²) in [5.74, 6) is 0.153. The van der Waals surface area contributed by atoms with Gasteiger partial charge < -0.3 is 5.11 Å². The Bertz CT molecular complexity index is 574. The lowest BCUT2D eigenvalue weighted by Crippen LogP contribution is -2.44. The molecular formula is C17H25FN4O2. The van der Waals surface area contributed by atoms with Gasteiger partial charge in [-0.25, -0.2) is 4.39 Å². The highest BCUT2D eigenvalue weighted by Crippen LogP contribution is 2.40. The molecule has 0 aliphatic carbocycles. The van der Waals surface area contributed by atoms with Crippen LogP contribution in [0.15, 0.2) is 29.4 Å². The average molecular weight is 336 g/mol. The van der Waals surface area contributed by atoms with Gasteiger partial charge in [0.1, 0.15) is 5.82 Å². The number of hydroxylamine groups is 2. The Labute approximate surface area is 141 Å². The van der Waals surface area contributed by atoms with Gasteiger partial charge >= 0.3 is 0 Å². The Balaban J connectivity index is 2.23. The first-order valence-corrected chi connectivity index (χ1v) is 8.29. The van der Waals surface area contributed by atoms with E-state index in [0.717, 1.165) is 12.0 Å². The van der Waals surface area contributed by atoms with E-state index in [-0.39, 0.29) is 30.6 Å². The summed E-state index contributed by atoms with van der Waals surface area (Å²) in [5, 5.41) is 15.1. The van der Waals surface area contributed by atoms with Gasteiger partial charge in [0.2, 0.25) is 0 Å². The second-order valence-corrected chi connectivity index (χ2v) is 6.80. The third-order valence-electron chi connectivity index (χ3n) is 4.37. The summed E-state index contributed by atoms with van der Waals surface area (Å²) < 4.78 is 13.1. The van der Waals surface area contributed by atoms with Gasteiger partial charge in [-0.3, -0.25) is 4.84 Å². The molecule has 0 aromatic heterocycles. The molecule has 132 valence electrons. The number of hydrogen-bond acceptors (Lipinski definition) is 4. The van der Waals surface area contributed by atoms with Crippen LogP contribution in [0.2, 0.25) is 0 Å². The Hall–Kier alpha value is -1.66. The fourth-order valence-electron chi connectivity index (χ4n) is 3.52. The largest absolute Gasteiger partial charge is 0.396 e. The smallest absolute Gasteiger partial charge is 0.123 e. The monoisotopic (exact) mass is 336 g/mol. The van der Waals surface area contributed by atoms with Crippen LogP contribution in [0.25, 0.3) is 10.4 Å². The number of rotatable bonds is 8. The van der Waals surface area contributed by atoms with E-state index in [1.807, 2.05) is 5.06 Å². The summed E-state index contributed by atoms with van der Waals surface area (Å²) in [5.41, 5.74) is 9.17. The number of benzene rings is 1. The first-order valence-electron chi connectivity index (χ1n) is 8.29. The maximum absolute atomic E-state index is 13.1. The number of aliphatic hydroxyl groups is 1. The van der Waals surface area contributed by atoms with Gasteiger partial charge in [-0.1, -0.05) is 31.1 Å². The molecule has 1 aromatic rings. The summed E-state index contributed by atoms with van der Waals surface area (Å²) in [6.07, 6.45) is 1.94. The molecule has 0 radical (unpaired) electrons. The number of hydrogen-bond donors (Lipinski definition) is 1. The van der Waals surface area contributed by atoms with Crippen molar-refractivity contribution < 1.29 is 14.3 Å². The minimum atomic E-state index is -0.313. The summed E-state index contributed by atoms with van der Waals surface area (Å²) in [6, 6.07) is 6.33. The molecule has 0 saturated carbocycles. The van der Waals surface area contributed by atoms with Crippen LogP contribution in [0.3, 0.4) is 0 Å². The molecule has 1 N–H and O–H groups in total. The summed E-state index contributed by atoms with van der Waals surface area (Å²) in [6.45, 7) is 5.09. The molecule has 1 heterocycles. The lowest BCUT2D eigenvalue weighted by atomic mass is 9.81. The summed E-state index contributed by atoms with van der Waals surface area (Å²) >= 11 is 0. The van der Waals surface area contributed by atoms with Crippen molar-refractivity contribution in [2.75, 3.05) is 13.2 Å². The zero-order chi connectivity index (χ0) is 17.6. The molecule has 0 amide bonds. The zero-order valence-corrected chi connectivity index (χ0v) is 14.2. The number of azide groups is 1. The fourth-order valence-corrected chi connectivity index (χ4v) is 3.52. The molecule has 1 aliphatic rings. The number of aliphatic hydroxyl groups excluding tert-OH is 1. The van der Waals surface area contributed by atoms with Crippen LogP contribution in [0.4, 0.5) is 4.39 Å². The van der Waals surface area contributed by atoms with Gasteiger partial charge in [-0.2, -0.15) is 5.06 Å². The van der Waals surface area contributed by atoms with Crippen LogP contribution in [0, 0.1) is 11.7 Å². The first-order chi connectivity index (χ1) is 11.5. The molecule has 0 spiro atoms. The fraction of sp³-hybridized carbons (Fsp3) is 0.647. The van der Waals surface area contributed by atoms with Gasteiger partial charge in [-0.05, 0) is 48.4 Å². The summed E-state index contributed by atoms with van der Waals surface area (Å²) in [4.78, 5) is 8.84. The van der Waals surface area contributed by atoms with Crippen LogP contribution in [-0.2, 0) is 11.4 Å². The van der Waals surface area contributed by atoms with E-state index < -0.39 is 0 Å². The van der Waals surface area contributed by atoms with E-state index >= 15 is 0 Å². The van der Waals surface area contributed by atoms with Crippen molar-refractivity contribution in [3.63, 3.8) is 0 Å². The maximum Gasteiger partial charge on any atom is 0.123 e. The SMILES string of the molecule is CC(C)C[C@]1(CCO)C[C@H](CN=[N+]=[N-])ON1Cc1ccc(F)cc1. The molecule has 2 atom stereocenters. The second-order valence-electron chi connectivity index (χ2n) is 6.80.